The largest absolute Gasteiger partial charge is 0.422 e. The zero-order valence-electron chi connectivity index (χ0n) is 9.17. The van der Waals surface area contributed by atoms with E-state index in [9.17, 15) is 4.57 Å². The summed E-state index contributed by atoms with van der Waals surface area (Å²) < 4.78 is 18.1. The molecule has 0 saturated heterocycles. The van der Waals surface area contributed by atoms with Gasteiger partial charge in [-0.1, -0.05) is 29.8 Å². The molecule has 1 heterocycles. The Morgan fingerprint density at radius 2 is 1.94 bits per heavy atom. The van der Waals surface area contributed by atoms with Gasteiger partial charge in [0.2, 0.25) is 0 Å². The highest BCUT2D eigenvalue weighted by molar-refractivity contribution is 8.57. The first kappa shape index (κ1) is 12.0. The zero-order valence-corrected chi connectivity index (χ0v) is 11.6. The summed E-state index contributed by atoms with van der Waals surface area (Å²) >= 11 is 7.10. The van der Waals surface area contributed by atoms with E-state index in [4.69, 9.17) is 16.1 Å². The monoisotopic (exact) mass is 297 g/mol. The topological polar surface area (TPSA) is 38.3 Å². The Balaban J connectivity index is 1.86. The molecule has 0 amide bonds. The van der Waals surface area contributed by atoms with E-state index < -0.39 is 6.72 Å². The molecule has 0 fully saturated rings. The molecular formula is C12H9ClNO2PS. The number of fused-ring (bicyclic) bond motifs is 1. The maximum Gasteiger partial charge on any atom is 0.404 e. The molecule has 1 unspecified atom stereocenters. The predicted molar refractivity (Wildman–Crippen MR) is 75.6 cm³/mol. The van der Waals surface area contributed by atoms with Gasteiger partial charge in [0, 0.05) is 21.3 Å². The van der Waals surface area contributed by atoms with Crippen molar-refractivity contribution in [2.75, 3.05) is 5.09 Å². The molecule has 0 radical (unpaired) electrons. The Bertz CT molecular complexity index is 635. The summed E-state index contributed by atoms with van der Waals surface area (Å²) in [5, 5.41) is 3.52. The molecule has 0 saturated carbocycles. The van der Waals surface area contributed by atoms with Crippen molar-refractivity contribution in [2.24, 2.45) is 0 Å². The minimum Gasteiger partial charge on any atom is -0.422 e. The maximum atomic E-state index is 12.5. The van der Waals surface area contributed by atoms with Crippen molar-refractivity contribution in [1.29, 1.82) is 0 Å². The summed E-state index contributed by atoms with van der Waals surface area (Å²) in [6.07, 6.45) is 0. The van der Waals surface area contributed by atoms with Crippen LogP contribution in [0.2, 0.25) is 5.02 Å². The quantitative estimate of drug-likeness (QED) is 0.788. The van der Waals surface area contributed by atoms with Crippen LogP contribution in [0.15, 0.2) is 53.4 Å². The third-order valence-electron chi connectivity index (χ3n) is 2.39. The third-order valence-corrected chi connectivity index (χ3v) is 6.19. The van der Waals surface area contributed by atoms with Gasteiger partial charge in [-0.15, -0.1) is 0 Å². The van der Waals surface area contributed by atoms with Gasteiger partial charge in [0.05, 0.1) is 5.69 Å². The molecular weight excluding hydrogens is 289 g/mol. The van der Waals surface area contributed by atoms with Crippen LogP contribution >= 0.6 is 29.7 Å². The van der Waals surface area contributed by atoms with Crippen LogP contribution in [0.25, 0.3) is 0 Å². The molecule has 3 rings (SSSR count). The van der Waals surface area contributed by atoms with E-state index >= 15 is 0 Å². The maximum absolute atomic E-state index is 12.5. The molecule has 1 aliphatic rings. The number of para-hydroxylation sites is 1. The van der Waals surface area contributed by atoms with Gasteiger partial charge in [-0.2, -0.15) is 0 Å². The minimum absolute atomic E-state index is 0.583. The molecule has 18 heavy (non-hydrogen) atoms. The second kappa shape index (κ2) is 4.54. The fourth-order valence-corrected chi connectivity index (χ4v) is 5.54. The Hall–Kier alpha value is -1.09. The summed E-state index contributed by atoms with van der Waals surface area (Å²) in [5.41, 5.74) is 0.756. The van der Waals surface area contributed by atoms with Gasteiger partial charge in [-0.05, 0) is 30.3 Å². The summed E-state index contributed by atoms with van der Waals surface area (Å²) in [4.78, 5) is 0.888. The van der Waals surface area contributed by atoms with Crippen LogP contribution in [0, 0.1) is 0 Å². The van der Waals surface area contributed by atoms with Crippen LogP contribution in [0.4, 0.5) is 5.69 Å². The lowest BCUT2D eigenvalue weighted by atomic mass is 10.3. The molecule has 2 aromatic rings. The van der Waals surface area contributed by atoms with Crippen molar-refractivity contribution >= 4 is 35.4 Å². The predicted octanol–water partition coefficient (Wildman–Crippen LogP) is 5.04. The summed E-state index contributed by atoms with van der Waals surface area (Å²) in [7, 11) is 0. The Kier molecular flexibility index (Phi) is 3.02. The second-order valence-corrected chi connectivity index (χ2v) is 8.20. The van der Waals surface area contributed by atoms with Crippen molar-refractivity contribution in [3.05, 3.63) is 53.6 Å². The summed E-state index contributed by atoms with van der Waals surface area (Å²) in [6, 6.07) is 14.5. The zero-order chi connectivity index (χ0) is 12.6. The molecule has 1 atom stereocenters. The van der Waals surface area contributed by atoms with Gasteiger partial charge in [0.15, 0.2) is 0 Å². The highest BCUT2D eigenvalue weighted by Crippen LogP contribution is 2.68. The van der Waals surface area contributed by atoms with Gasteiger partial charge in [0.1, 0.15) is 5.75 Å². The first-order chi connectivity index (χ1) is 8.65. The average molecular weight is 298 g/mol. The molecule has 0 aromatic heterocycles. The number of hydrogen-bond acceptors (Lipinski definition) is 3. The molecule has 1 aliphatic heterocycles. The number of anilines is 1. The molecule has 1 N–H and O–H groups in total. The first-order valence-corrected chi connectivity index (χ1v) is 8.69. The van der Waals surface area contributed by atoms with E-state index in [1.807, 2.05) is 24.3 Å². The lowest BCUT2D eigenvalue weighted by Gasteiger charge is -2.12. The lowest BCUT2D eigenvalue weighted by molar-refractivity contribution is 0.505. The van der Waals surface area contributed by atoms with E-state index in [1.54, 1.807) is 24.3 Å². The van der Waals surface area contributed by atoms with Crippen LogP contribution in [-0.4, -0.2) is 0 Å². The second-order valence-electron chi connectivity index (χ2n) is 3.75. The van der Waals surface area contributed by atoms with Crippen LogP contribution in [0.5, 0.6) is 5.75 Å². The number of benzene rings is 2. The number of halogens is 1. The van der Waals surface area contributed by atoms with Gasteiger partial charge >= 0.3 is 6.72 Å². The number of hydrogen-bond donors (Lipinski definition) is 1. The van der Waals surface area contributed by atoms with Crippen molar-refractivity contribution < 1.29 is 9.09 Å². The minimum atomic E-state index is -2.99. The molecule has 92 valence electrons. The molecule has 0 bridgehead atoms. The van der Waals surface area contributed by atoms with Gasteiger partial charge in [-0.25, -0.2) is 4.57 Å². The highest BCUT2D eigenvalue weighted by atomic mass is 35.5. The van der Waals surface area contributed by atoms with Crippen LogP contribution in [-0.2, 0) is 4.57 Å². The van der Waals surface area contributed by atoms with E-state index in [-0.39, 0.29) is 0 Å². The Labute approximate surface area is 114 Å². The van der Waals surface area contributed by atoms with Crippen LogP contribution < -0.4 is 9.61 Å². The van der Waals surface area contributed by atoms with E-state index in [2.05, 4.69) is 5.09 Å². The molecule has 0 spiro atoms. The van der Waals surface area contributed by atoms with Gasteiger partial charge in [-0.3, -0.25) is 5.09 Å². The van der Waals surface area contributed by atoms with Crippen molar-refractivity contribution in [1.82, 2.24) is 0 Å². The van der Waals surface area contributed by atoms with Crippen molar-refractivity contribution in [3.8, 4) is 5.75 Å². The Morgan fingerprint density at radius 1 is 1.17 bits per heavy atom. The van der Waals surface area contributed by atoms with Gasteiger partial charge in [0.25, 0.3) is 0 Å². The van der Waals surface area contributed by atoms with Crippen LogP contribution in [0.3, 0.4) is 0 Å². The molecule has 0 aliphatic carbocycles. The van der Waals surface area contributed by atoms with E-state index in [1.165, 1.54) is 11.4 Å². The SMILES string of the molecule is O=P1(Oc2ccccc2)Nc2cc(Cl)ccc2S1. The van der Waals surface area contributed by atoms with Crippen molar-refractivity contribution in [3.63, 3.8) is 0 Å². The summed E-state index contributed by atoms with van der Waals surface area (Å²) in [6.45, 7) is -2.99. The molecule has 2 aromatic carbocycles. The average Bonchev–Trinajstić information content (AvgIpc) is 2.65. The first-order valence-electron chi connectivity index (χ1n) is 5.27. The molecule has 3 nitrogen and oxygen atoms in total. The highest BCUT2D eigenvalue weighted by Gasteiger charge is 2.35. The Morgan fingerprint density at radius 3 is 2.72 bits per heavy atom. The fraction of sp³-hybridized carbons (Fsp3) is 0. The standard InChI is InChI=1S/C12H9ClNO2PS/c13-9-6-7-12-11(8-9)14-17(15,18-12)16-10-4-2-1-3-5-10/h1-8H,(H,14,15). The fourth-order valence-electron chi connectivity index (χ4n) is 1.63. The number of nitrogens with one attached hydrogen (secondary N) is 1. The summed E-state index contributed by atoms with van der Waals surface area (Å²) in [5.74, 6) is 0.583. The number of rotatable bonds is 2. The van der Waals surface area contributed by atoms with E-state index in [0.717, 1.165) is 10.6 Å². The van der Waals surface area contributed by atoms with Crippen LogP contribution in [0.1, 0.15) is 0 Å². The third kappa shape index (κ3) is 2.37. The van der Waals surface area contributed by atoms with Gasteiger partial charge < -0.3 is 4.52 Å². The van der Waals surface area contributed by atoms with Crippen molar-refractivity contribution in [2.45, 2.75) is 4.90 Å². The normalized spacial score (nSPS) is 21.2. The lowest BCUT2D eigenvalue weighted by Crippen LogP contribution is -1.95. The molecule has 6 heteroatoms. The smallest absolute Gasteiger partial charge is 0.404 e. The van der Waals surface area contributed by atoms with E-state index in [0.29, 0.717) is 10.8 Å².